The molecule has 3 heterocycles. The van der Waals surface area contributed by atoms with E-state index in [1.54, 1.807) is 12.1 Å². The molecule has 1 amide bonds. The number of nitrogens with one attached hydrogen (secondary N) is 1. The van der Waals surface area contributed by atoms with Gasteiger partial charge in [0.2, 0.25) is 5.91 Å². The first-order valence-electron chi connectivity index (χ1n) is 7.10. The zero-order valence-corrected chi connectivity index (χ0v) is 13.2. The summed E-state index contributed by atoms with van der Waals surface area (Å²) in [6.45, 7) is 6.02. The Morgan fingerprint density at radius 2 is 2.18 bits per heavy atom. The highest BCUT2D eigenvalue weighted by Crippen LogP contribution is 2.16. The van der Waals surface area contributed by atoms with Crippen molar-refractivity contribution < 1.29 is 4.79 Å². The van der Waals surface area contributed by atoms with Crippen molar-refractivity contribution in [1.82, 2.24) is 24.6 Å². The predicted molar refractivity (Wildman–Crippen MR) is 82.5 cm³/mol. The second-order valence-electron chi connectivity index (χ2n) is 5.31. The van der Waals surface area contributed by atoms with Crippen molar-refractivity contribution in [1.29, 1.82) is 0 Å². The predicted octanol–water partition coefficient (Wildman–Crippen LogP) is 1.48. The quantitative estimate of drug-likeness (QED) is 0.927. The first-order valence-corrected chi connectivity index (χ1v) is 7.47. The van der Waals surface area contributed by atoms with Crippen LogP contribution in [0.15, 0.2) is 18.3 Å². The van der Waals surface area contributed by atoms with E-state index in [2.05, 4.69) is 30.0 Å². The number of rotatable bonds is 3. The van der Waals surface area contributed by atoms with Crippen LogP contribution in [0.2, 0.25) is 5.02 Å². The maximum absolute atomic E-state index is 12.3. The summed E-state index contributed by atoms with van der Waals surface area (Å²) in [5.74, 6) is 2.21. The second-order valence-corrected chi connectivity index (χ2v) is 5.75. The van der Waals surface area contributed by atoms with Crippen molar-refractivity contribution in [2.45, 2.75) is 33.0 Å². The number of fused-ring (bicyclic) bond motifs is 1. The molecule has 0 spiro atoms. The molecular formula is C14H17ClN6O. The smallest absolute Gasteiger partial charge is 0.242 e. The van der Waals surface area contributed by atoms with E-state index in [4.69, 9.17) is 11.6 Å². The summed E-state index contributed by atoms with van der Waals surface area (Å²) in [5, 5.41) is 11.6. The molecule has 0 saturated carbocycles. The fourth-order valence-electron chi connectivity index (χ4n) is 2.50. The van der Waals surface area contributed by atoms with E-state index >= 15 is 0 Å². The Morgan fingerprint density at radius 1 is 1.36 bits per heavy atom. The first-order chi connectivity index (χ1) is 10.5. The number of carbonyl (C=O) groups is 1. The van der Waals surface area contributed by atoms with Gasteiger partial charge in [-0.15, -0.1) is 10.2 Å². The van der Waals surface area contributed by atoms with Crippen LogP contribution in [0, 0.1) is 6.92 Å². The lowest BCUT2D eigenvalue weighted by Crippen LogP contribution is -2.46. The molecule has 22 heavy (non-hydrogen) atoms. The van der Waals surface area contributed by atoms with Crippen LogP contribution in [-0.4, -0.2) is 43.1 Å². The molecule has 0 bridgehead atoms. The number of hydrogen-bond acceptors (Lipinski definition) is 5. The Labute approximate surface area is 133 Å². The van der Waals surface area contributed by atoms with Gasteiger partial charge in [-0.25, -0.2) is 4.98 Å². The number of amides is 1. The minimum absolute atomic E-state index is 0.0977. The van der Waals surface area contributed by atoms with Gasteiger partial charge in [-0.2, -0.15) is 0 Å². The highest BCUT2D eigenvalue weighted by molar-refractivity contribution is 6.30. The summed E-state index contributed by atoms with van der Waals surface area (Å²) < 4.78 is 2.09. The fraction of sp³-hybridized carbons (Fsp3) is 0.429. The summed E-state index contributed by atoms with van der Waals surface area (Å²) in [6.07, 6.45) is 1.51. The van der Waals surface area contributed by atoms with Gasteiger partial charge < -0.3 is 9.88 Å². The topological polar surface area (TPSA) is 75.9 Å². The monoisotopic (exact) mass is 320 g/mol. The van der Waals surface area contributed by atoms with Gasteiger partial charge in [0.1, 0.15) is 17.5 Å². The first kappa shape index (κ1) is 14.9. The number of halogens is 1. The lowest BCUT2D eigenvalue weighted by molar-refractivity contribution is -0.121. The van der Waals surface area contributed by atoms with Crippen molar-refractivity contribution in [2.75, 3.05) is 11.9 Å². The number of hydrogen-bond donors (Lipinski definition) is 1. The number of anilines is 1. The Bertz CT molecular complexity index is 683. The molecule has 7 nitrogen and oxygen atoms in total. The Kier molecular flexibility index (Phi) is 4.08. The van der Waals surface area contributed by atoms with E-state index in [1.165, 1.54) is 6.20 Å². The molecule has 0 fully saturated rings. The molecule has 116 valence electrons. The average molecular weight is 321 g/mol. The lowest BCUT2D eigenvalue weighted by Gasteiger charge is -2.31. The molecule has 1 N–H and O–H groups in total. The van der Waals surface area contributed by atoms with Gasteiger partial charge in [-0.05, 0) is 26.0 Å². The van der Waals surface area contributed by atoms with Crippen molar-refractivity contribution in [3.63, 3.8) is 0 Å². The SMILES string of the molecule is Cc1nnc2n1CCN([C@H](C)C(=O)Nc1ccc(Cl)cn1)C2. The highest BCUT2D eigenvalue weighted by atomic mass is 35.5. The Hall–Kier alpha value is -1.99. The third kappa shape index (κ3) is 2.95. The Balaban J connectivity index is 1.65. The zero-order chi connectivity index (χ0) is 15.7. The van der Waals surface area contributed by atoms with Crippen LogP contribution in [0.25, 0.3) is 0 Å². The number of aryl methyl sites for hydroxylation is 1. The van der Waals surface area contributed by atoms with Gasteiger partial charge in [0.15, 0.2) is 0 Å². The van der Waals surface area contributed by atoms with Crippen LogP contribution in [0.5, 0.6) is 0 Å². The van der Waals surface area contributed by atoms with Gasteiger partial charge in [0.25, 0.3) is 0 Å². The van der Waals surface area contributed by atoms with Gasteiger partial charge in [-0.3, -0.25) is 9.69 Å². The van der Waals surface area contributed by atoms with Crippen LogP contribution in [0.3, 0.4) is 0 Å². The fourth-order valence-corrected chi connectivity index (χ4v) is 2.61. The summed E-state index contributed by atoms with van der Waals surface area (Å²) in [6, 6.07) is 3.10. The molecule has 0 saturated heterocycles. The molecule has 2 aromatic rings. The van der Waals surface area contributed by atoms with E-state index in [-0.39, 0.29) is 11.9 Å². The van der Waals surface area contributed by atoms with Crippen molar-refractivity contribution in [3.8, 4) is 0 Å². The minimum atomic E-state index is -0.275. The van der Waals surface area contributed by atoms with Crippen LogP contribution in [0.1, 0.15) is 18.6 Å². The zero-order valence-electron chi connectivity index (χ0n) is 12.5. The molecular weight excluding hydrogens is 304 g/mol. The van der Waals surface area contributed by atoms with Crippen LogP contribution < -0.4 is 5.32 Å². The van der Waals surface area contributed by atoms with Gasteiger partial charge in [0, 0.05) is 19.3 Å². The third-order valence-corrected chi connectivity index (χ3v) is 4.10. The standard InChI is InChI=1S/C14H17ClN6O/c1-9(14(22)17-12-4-3-11(15)7-16-12)20-5-6-21-10(2)18-19-13(21)8-20/h3-4,7,9H,5-6,8H2,1-2H3,(H,16,17,22)/t9-/m1/s1. The van der Waals surface area contributed by atoms with E-state index in [0.717, 1.165) is 24.7 Å². The Morgan fingerprint density at radius 3 is 2.91 bits per heavy atom. The maximum Gasteiger partial charge on any atom is 0.242 e. The molecule has 0 unspecified atom stereocenters. The molecule has 8 heteroatoms. The number of pyridine rings is 1. The lowest BCUT2D eigenvalue weighted by atomic mass is 10.2. The largest absolute Gasteiger partial charge is 0.313 e. The van der Waals surface area contributed by atoms with Crippen LogP contribution in [0.4, 0.5) is 5.82 Å². The molecule has 1 aliphatic rings. The maximum atomic E-state index is 12.3. The van der Waals surface area contributed by atoms with E-state index in [0.29, 0.717) is 17.4 Å². The minimum Gasteiger partial charge on any atom is -0.313 e. The number of nitrogens with zero attached hydrogens (tertiary/aromatic N) is 5. The van der Waals surface area contributed by atoms with Crippen molar-refractivity contribution in [3.05, 3.63) is 35.0 Å². The molecule has 0 aromatic carbocycles. The second kappa shape index (κ2) is 6.02. The molecule has 0 radical (unpaired) electrons. The molecule has 1 aliphatic heterocycles. The van der Waals surface area contributed by atoms with Crippen molar-refractivity contribution in [2.24, 2.45) is 0 Å². The summed E-state index contributed by atoms with van der Waals surface area (Å²) in [4.78, 5) is 18.5. The highest BCUT2D eigenvalue weighted by Gasteiger charge is 2.27. The van der Waals surface area contributed by atoms with Gasteiger partial charge in [-0.1, -0.05) is 11.6 Å². The molecule has 3 rings (SSSR count). The third-order valence-electron chi connectivity index (χ3n) is 3.87. The number of carbonyl (C=O) groups excluding carboxylic acids is 1. The number of aromatic nitrogens is 4. The van der Waals surface area contributed by atoms with Gasteiger partial charge in [0.05, 0.1) is 17.6 Å². The van der Waals surface area contributed by atoms with Crippen LogP contribution >= 0.6 is 11.6 Å². The van der Waals surface area contributed by atoms with Crippen LogP contribution in [-0.2, 0) is 17.9 Å². The van der Waals surface area contributed by atoms with E-state index in [9.17, 15) is 4.79 Å². The molecule has 1 atom stereocenters. The average Bonchev–Trinajstić information content (AvgIpc) is 2.89. The summed E-state index contributed by atoms with van der Waals surface area (Å²) in [7, 11) is 0. The van der Waals surface area contributed by atoms with Gasteiger partial charge >= 0.3 is 0 Å². The van der Waals surface area contributed by atoms with E-state index < -0.39 is 0 Å². The normalized spacial score (nSPS) is 16.1. The molecule has 0 aliphatic carbocycles. The molecule has 2 aromatic heterocycles. The summed E-state index contributed by atoms with van der Waals surface area (Å²) >= 11 is 5.78. The van der Waals surface area contributed by atoms with Crippen molar-refractivity contribution >= 4 is 23.3 Å². The van der Waals surface area contributed by atoms with E-state index in [1.807, 2.05) is 13.8 Å². The summed E-state index contributed by atoms with van der Waals surface area (Å²) in [5.41, 5.74) is 0.